The molecule has 2 heterocycles. The third-order valence-electron chi connectivity index (χ3n) is 5.21. The van der Waals surface area contributed by atoms with Crippen LogP contribution in [0, 0.1) is 0 Å². The van der Waals surface area contributed by atoms with E-state index in [1.807, 2.05) is 18.2 Å². The summed E-state index contributed by atoms with van der Waals surface area (Å²) in [5.74, 6) is 0. The van der Waals surface area contributed by atoms with Gasteiger partial charge in [-0.2, -0.15) is 0 Å². The summed E-state index contributed by atoms with van der Waals surface area (Å²) in [5.41, 5.74) is 7.59. The summed E-state index contributed by atoms with van der Waals surface area (Å²) in [6, 6.07) is 29.5. The number of benzene rings is 3. The van der Waals surface area contributed by atoms with Crippen molar-refractivity contribution in [1.29, 1.82) is 0 Å². The van der Waals surface area contributed by atoms with E-state index in [0.29, 0.717) is 0 Å². The number of nitrogens with zero attached hydrogens (tertiary/aromatic N) is 2. The summed E-state index contributed by atoms with van der Waals surface area (Å²) in [4.78, 5) is 9.81. The number of aromatic nitrogens is 2. The van der Waals surface area contributed by atoms with E-state index in [-0.39, 0.29) is 0 Å². The lowest BCUT2D eigenvalue weighted by Crippen LogP contribution is -1.91. The molecule has 5 aromatic rings. The maximum atomic E-state index is 5.01. The predicted octanol–water partition coefficient (Wildman–Crippen LogP) is 6.10. The smallest absolute Gasteiger partial charge is 0.0894 e. The Labute approximate surface area is 150 Å². The SMILES string of the molecule is c1ccc2nc(-c3ccc4c(n3)-c3cccc5cccc-4c35)ccc2c1. The number of fused-ring (bicyclic) bond motifs is 4. The lowest BCUT2D eigenvalue weighted by Gasteiger charge is -2.06. The Morgan fingerprint density at radius 2 is 1.19 bits per heavy atom. The first-order valence-electron chi connectivity index (χ1n) is 8.78. The Balaban J connectivity index is 1.59. The molecule has 2 aromatic heterocycles. The van der Waals surface area contributed by atoms with E-state index in [4.69, 9.17) is 9.97 Å². The average Bonchev–Trinajstić information content (AvgIpc) is 3.03. The summed E-state index contributed by atoms with van der Waals surface area (Å²) < 4.78 is 0. The van der Waals surface area contributed by atoms with E-state index in [2.05, 4.69) is 66.7 Å². The van der Waals surface area contributed by atoms with Crippen LogP contribution in [0.3, 0.4) is 0 Å². The monoisotopic (exact) mass is 330 g/mol. The fourth-order valence-corrected chi connectivity index (χ4v) is 4.00. The van der Waals surface area contributed by atoms with Gasteiger partial charge in [0.05, 0.1) is 22.6 Å². The molecule has 0 bridgehead atoms. The standard InChI is InChI=1S/C24H14N2/c1-2-10-20-15(5-1)11-13-21(25-20)22-14-12-18-17-8-3-6-16-7-4-9-19(23(16)17)24(18)26-22/h1-14H. The van der Waals surface area contributed by atoms with Gasteiger partial charge in [-0.1, -0.05) is 60.7 Å². The van der Waals surface area contributed by atoms with E-state index in [1.54, 1.807) is 0 Å². The van der Waals surface area contributed by atoms with E-state index in [1.165, 1.54) is 27.5 Å². The van der Waals surface area contributed by atoms with E-state index < -0.39 is 0 Å². The van der Waals surface area contributed by atoms with Gasteiger partial charge in [-0.05, 0) is 40.6 Å². The molecule has 0 aliphatic heterocycles. The van der Waals surface area contributed by atoms with Crippen molar-refractivity contribution in [3.63, 3.8) is 0 Å². The van der Waals surface area contributed by atoms with Crippen LogP contribution in [-0.4, -0.2) is 9.97 Å². The Morgan fingerprint density at radius 3 is 2.12 bits per heavy atom. The van der Waals surface area contributed by atoms with Crippen LogP contribution < -0.4 is 0 Å². The molecule has 3 aromatic carbocycles. The molecular weight excluding hydrogens is 316 g/mol. The fraction of sp³-hybridized carbons (Fsp3) is 0. The molecule has 1 aliphatic carbocycles. The number of rotatable bonds is 1. The topological polar surface area (TPSA) is 25.8 Å². The second-order valence-electron chi connectivity index (χ2n) is 6.69. The number of hydrogen-bond acceptors (Lipinski definition) is 2. The minimum absolute atomic E-state index is 0.912. The highest BCUT2D eigenvalue weighted by molar-refractivity contribution is 6.14. The van der Waals surface area contributed by atoms with Crippen LogP contribution in [0.1, 0.15) is 0 Å². The zero-order chi connectivity index (χ0) is 17.1. The van der Waals surface area contributed by atoms with Gasteiger partial charge in [0.25, 0.3) is 0 Å². The first-order chi connectivity index (χ1) is 12.9. The molecule has 0 saturated heterocycles. The first kappa shape index (κ1) is 13.7. The lowest BCUT2D eigenvalue weighted by atomic mass is 10.0. The highest BCUT2D eigenvalue weighted by atomic mass is 14.8. The van der Waals surface area contributed by atoms with Crippen LogP contribution in [0.4, 0.5) is 0 Å². The van der Waals surface area contributed by atoms with Crippen LogP contribution in [0.5, 0.6) is 0 Å². The highest BCUT2D eigenvalue weighted by Gasteiger charge is 2.22. The van der Waals surface area contributed by atoms with Gasteiger partial charge in [-0.15, -0.1) is 0 Å². The fourth-order valence-electron chi connectivity index (χ4n) is 4.00. The molecule has 1 aliphatic rings. The molecule has 120 valence electrons. The Hall–Kier alpha value is -3.52. The van der Waals surface area contributed by atoms with Crippen LogP contribution in [0.15, 0.2) is 84.9 Å². The quantitative estimate of drug-likeness (QED) is 0.364. The van der Waals surface area contributed by atoms with Crippen LogP contribution in [-0.2, 0) is 0 Å². The second kappa shape index (κ2) is 4.99. The Morgan fingerprint density at radius 1 is 0.462 bits per heavy atom. The highest BCUT2D eigenvalue weighted by Crippen LogP contribution is 2.46. The van der Waals surface area contributed by atoms with Crippen molar-refractivity contribution in [1.82, 2.24) is 9.97 Å². The van der Waals surface area contributed by atoms with E-state index >= 15 is 0 Å². The van der Waals surface area contributed by atoms with Crippen molar-refractivity contribution in [3.8, 4) is 33.8 Å². The summed E-state index contributed by atoms with van der Waals surface area (Å²) in [5, 5.41) is 3.72. The van der Waals surface area contributed by atoms with Crippen molar-refractivity contribution in [3.05, 3.63) is 84.9 Å². The molecule has 0 saturated carbocycles. The van der Waals surface area contributed by atoms with Gasteiger partial charge < -0.3 is 0 Å². The van der Waals surface area contributed by atoms with Crippen LogP contribution >= 0.6 is 0 Å². The molecule has 6 rings (SSSR count). The van der Waals surface area contributed by atoms with Gasteiger partial charge >= 0.3 is 0 Å². The number of pyridine rings is 2. The predicted molar refractivity (Wildman–Crippen MR) is 107 cm³/mol. The maximum Gasteiger partial charge on any atom is 0.0894 e. The van der Waals surface area contributed by atoms with Crippen LogP contribution in [0.25, 0.3) is 55.4 Å². The largest absolute Gasteiger partial charge is 0.246 e. The first-order valence-corrected chi connectivity index (χ1v) is 8.78. The zero-order valence-electron chi connectivity index (χ0n) is 14.0. The third kappa shape index (κ3) is 1.81. The normalized spacial score (nSPS) is 11.8. The summed E-state index contributed by atoms with van der Waals surface area (Å²) >= 11 is 0. The van der Waals surface area contributed by atoms with Gasteiger partial charge in [-0.25, -0.2) is 9.97 Å². The summed E-state index contributed by atoms with van der Waals surface area (Å²) in [6.07, 6.45) is 0. The lowest BCUT2D eigenvalue weighted by molar-refractivity contribution is 1.29. The van der Waals surface area contributed by atoms with Gasteiger partial charge in [0.2, 0.25) is 0 Å². The maximum absolute atomic E-state index is 5.01. The summed E-state index contributed by atoms with van der Waals surface area (Å²) in [7, 11) is 0. The van der Waals surface area contributed by atoms with Crippen molar-refractivity contribution in [2.75, 3.05) is 0 Å². The minimum atomic E-state index is 0.912. The van der Waals surface area contributed by atoms with Crippen molar-refractivity contribution in [2.45, 2.75) is 0 Å². The molecule has 0 amide bonds. The van der Waals surface area contributed by atoms with Gasteiger partial charge in [0.1, 0.15) is 0 Å². The summed E-state index contributed by atoms with van der Waals surface area (Å²) in [6.45, 7) is 0. The second-order valence-corrected chi connectivity index (χ2v) is 6.69. The van der Waals surface area contributed by atoms with Gasteiger partial charge in [0.15, 0.2) is 0 Å². The molecule has 0 atom stereocenters. The number of para-hydroxylation sites is 1. The van der Waals surface area contributed by atoms with Gasteiger partial charge in [-0.3, -0.25) is 0 Å². The van der Waals surface area contributed by atoms with Crippen molar-refractivity contribution < 1.29 is 0 Å². The minimum Gasteiger partial charge on any atom is -0.246 e. The molecule has 0 fully saturated rings. The number of hydrogen-bond donors (Lipinski definition) is 0. The Kier molecular flexibility index (Phi) is 2.64. The molecule has 2 heteroatoms. The van der Waals surface area contributed by atoms with Crippen molar-refractivity contribution in [2.24, 2.45) is 0 Å². The Bertz CT molecular complexity index is 1330. The molecule has 0 radical (unpaired) electrons. The molecule has 26 heavy (non-hydrogen) atoms. The van der Waals surface area contributed by atoms with Gasteiger partial charge in [0, 0.05) is 16.5 Å². The van der Waals surface area contributed by atoms with Crippen LogP contribution in [0.2, 0.25) is 0 Å². The van der Waals surface area contributed by atoms with E-state index in [9.17, 15) is 0 Å². The molecular formula is C24H14N2. The molecule has 0 unspecified atom stereocenters. The molecule has 0 spiro atoms. The third-order valence-corrected chi connectivity index (χ3v) is 5.21. The molecule has 0 N–H and O–H groups in total. The van der Waals surface area contributed by atoms with E-state index in [0.717, 1.165) is 28.0 Å². The average molecular weight is 330 g/mol. The molecule has 2 nitrogen and oxygen atoms in total. The van der Waals surface area contributed by atoms with Crippen molar-refractivity contribution >= 4 is 21.7 Å². The zero-order valence-corrected chi connectivity index (χ0v) is 14.0.